The van der Waals surface area contributed by atoms with Gasteiger partial charge < -0.3 is 5.73 Å². The highest BCUT2D eigenvalue weighted by atomic mass is 32.2. The van der Waals surface area contributed by atoms with Crippen molar-refractivity contribution < 1.29 is 17.6 Å². The normalized spacial score (nSPS) is 11.1. The van der Waals surface area contributed by atoms with Crippen LogP contribution in [0.15, 0.2) is 47.4 Å². The van der Waals surface area contributed by atoms with Gasteiger partial charge in [0, 0.05) is 16.9 Å². The van der Waals surface area contributed by atoms with Crippen molar-refractivity contribution in [3.63, 3.8) is 0 Å². The molecular formula is C14H13FN2O3S. The van der Waals surface area contributed by atoms with Crippen molar-refractivity contribution >= 4 is 27.2 Å². The molecule has 0 saturated heterocycles. The molecule has 3 N–H and O–H groups in total. The molecule has 0 aliphatic rings. The molecule has 0 radical (unpaired) electrons. The fourth-order valence-electron chi connectivity index (χ4n) is 1.73. The van der Waals surface area contributed by atoms with Crippen LogP contribution in [-0.4, -0.2) is 14.2 Å². The molecule has 2 aromatic rings. The first-order chi connectivity index (χ1) is 9.78. The monoisotopic (exact) mass is 308 g/mol. The lowest BCUT2D eigenvalue weighted by atomic mass is 10.1. The number of nitrogens with two attached hydrogens (primary N) is 1. The van der Waals surface area contributed by atoms with E-state index >= 15 is 0 Å². The van der Waals surface area contributed by atoms with E-state index in [1.165, 1.54) is 31.2 Å². The van der Waals surface area contributed by atoms with Gasteiger partial charge in [-0.3, -0.25) is 9.52 Å². The minimum absolute atomic E-state index is 0.0160. The van der Waals surface area contributed by atoms with E-state index in [0.717, 1.165) is 18.2 Å². The molecule has 0 spiro atoms. The Bertz CT molecular complexity index is 766. The summed E-state index contributed by atoms with van der Waals surface area (Å²) in [6.07, 6.45) is 0. The summed E-state index contributed by atoms with van der Waals surface area (Å²) in [4.78, 5) is 10.9. The van der Waals surface area contributed by atoms with Crippen LogP contribution >= 0.6 is 0 Å². The second-order valence-corrected chi connectivity index (χ2v) is 6.14. The lowest BCUT2D eigenvalue weighted by Gasteiger charge is -2.09. The lowest BCUT2D eigenvalue weighted by molar-refractivity contribution is 0.101. The van der Waals surface area contributed by atoms with Crippen LogP contribution in [0.4, 0.5) is 15.8 Å². The van der Waals surface area contributed by atoms with E-state index in [4.69, 9.17) is 5.73 Å². The maximum absolute atomic E-state index is 13.2. The molecule has 2 aromatic carbocycles. The molecule has 0 atom stereocenters. The third-order valence-corrected chi connectivity index (χ3v) is 4.11. The van der Waals surface area contributed by atoms with Crippen LogP contribution in [-0.2, 0) is 10.0 Å². The smallest absolute Gasteiger partial charge is 0.262 e. The summed E-state index contributed by atoms with van der Waals surface area (Å²) in [5.74, 6) is -0.857. The predicted molar refractivity (Wildman–Crippen MR) is 78.1 cm³/mol. The van der Waals surface area contributed by atoms with Gasteiger partial charge in [-0.1, -0.05) is 0 Å². The van der Waals surface area contributed by atoms with Gasteiger partial charge in [0.1, 0.15) is 5.82 Å². The topological polar surface area (TPSA) is 89.3 Å². The predicted octanol–water partition coefficient (Wildman–Crippen LogP) is 2.41. The van der Waals surface area contributed by atoms with Gasteiger partial charge in [-0.05, 0) is 49.4 Å². The van der Waals surface area contributed by atoms with Gasteiger partial charge in [0.25, 0.3) is 10.0 Å². The number of carbonyl (C=O) groups is 1. The molecule has 0 bridgehead atoms. The minimum Gasteiger partial charge on any atom is -0.399 e. The van der Waals surface area contributed by atoms with E-state index in [9.17, 15) is 17.6 Å². The molecule has 110 valence electrons. The average molecular weight is 308 g/mol. The van der Waals surface area contributed by atoms with Crippen LogP contribution in [0.1, 0.15) is 17.3 Å². The summed E-state index contributed by atoms with van der Waals surface area (Å²) in [6, 6.07) is 8.98. The van der Waals surface area contributed by atoms with E-state index in [-0.39, 0.29) is 22.1 Å². The molecular weight excluding hydrogens is 295 g/mol. The summed E-state index contributed by atoms with van der Waals surface area (Å²) >= 11 is 0. The molecule has 0 unspecified atom stereocenters. The molecule has 0 fully saturated rings. The van der Waals surface area contributed by atoms with Crippen LogP contribution in [0.3, 0.4) is 0 Å². The highest BCUT2D eigenvalue weighted by Gasteiger charge is 2.16. The third-order valence-electron chi connectivity index (χ3n) is 2.75. The van der Waals surface area contributed by atoms with Crippen molar-refractivity contribution in [3.05, 3.63) is 53.8 Å². The number of ketones is 1. The number of nitrogens with one attached hydrogen (secondary N) is 1. The Kier molecular flexibility index (Phi) is 3.95. The van der Waals surface area contributed by atoms with E-state index in [0.29, 0.717) is 5.56 Å². The fraction of sp³-hybridized carbons (Fsp3) is 0.0714. The summed E-state index contributed by atoms with van der Waals surface area (Å²) in [7, 11) is -3.95. The molecule has 0 heterocycles. The third kappa shape index (κ3) is 3.57. The van der Waals surface area contributed by atoms with E-state index < -0.39 is 15.8 Å². The first-order valence-corrected chi connectivity index (χ1v) is 7.46. The van der Waals surface area contributed by atoms with Gasteiger partial charge >= 0.3 is 0 Å². The van der Waals surface area contributed by atoms with Crippen LogP contribution in [0.25, 0.3) is 0 Å². The second-order valence-electron chi connectivity index (χ2n) is 4.46. The number of nitrogen functional groups attached to an aromatic ring is 1. The van der Waals surface area contributed by atoms with E-state index in [1.807, 2.05) is 0 Å². The molecule has 5 nitrogen and oxygen atoms in total. The standard InChI is InChI=1S/C14H13FN2O3S/c1-9(18)10-2-4-13(5-3-10)17-21(19,20)14-7-11(15)6-12(16)8-14/h2-8,17H,16H2,1H3. The van der Waals surface area contributed by atoms with Gasteiger partial charge in [-0.25, -0.2) is 12.8 Å². The maximum Gasteiger partial charge on any atom is 0.262 e. The number of benzene rings is 2. The number of halogens is 1. The molecule has 0 aliphatic carbocycles. The Morgan fingerprint density at radius 1 is 1.14 bits per heavy atom. The van der Waals surface area contributed by atoms with Crippen LogP contribution in [0, 0.1) is 5.82 Å². The fourth-order valence-corrected chi connectivity index (χ4v) is 2.85. The zero-order valence-electron chi connectivity index (χ0n) is 11.1. The average Bonchev–Trinajstić information content (AvgIpc) is 2.37. The first-order valence-electron chi connectivity index (χ1n) is 5.98. The van der Waals surface area contributed by atoms with E-state index in [1.54, 1.807) is 0 Å². The maximum atomic E-state index is 13.2. The molecule has 0 saturated carbocycles. The highest BCUT2D eigenvalue weighted by Crippen LogP contribution is 2.20. The van der Waals surface area contributed by atoms with Crippen molar-refractivity contribution in [1.29, 1.82) is 0 Å². The largest absolute Gasteiger partial charge is 0.399 e. The number of Topliss-reactive ketones (excluding diaryl/α,β-unsaturated/α-hetero) is 1. The number of sulfonamides is 1. The van der Waals surface area contributed by atoms with Gasteiger partial charge in [0.15, 0.2) is 5.78 Å². The molecule has 0 amide bonds. The van der Waals surface area contributed by atoms with Gasteiger partial charge in [0.2, 0.25) is 0 Å². The van der Waals surface area contributed by atoms with Gasteiger partial charge in [-0.15, -0.1) is 0 Å². The van der Waals surface area contributed by atoms with E-state index in [2.05, 4.69) is 4.72 Å². The Morgan fingerprint density at radius 2 is 1.76 bits per heavy atom. The zero-order valence-corrected chi connectivity index (χ0v) is 11.9. The van der Waals surface area contributed by atoms with Crippen molar-refractivity contribution in [2.24, 2.45) is 0 Å². The Labute approximate surface area is 121 Å². The molecule has 7 heteroatoms. The summed E-state index contributed by atoms with van der Waals surface area (Å²) in [5.41, 5.74) is 6.18. The van der Waals surface area contributed by atoms with Crippen LogP contribution in [0.2, 0.25) is 0 Å². The SMILES string of the molecule is CC(=O)c1ccc(NS(=O)(=O)c2cc(N)cc(F)c2)cc1. The molecule has 0 aliphatic heterocycles. The second kappa shape index (κ2) is 5.53. The quantitative estimate of drug-likeness (QED) is 0.670. The molecule has 0 aromatic heterocycles. The number of carbonyl (C=O) groups excluding carboxylic acids is 1. The summed E-state index contributed by atoms with van der Waals surface area (Å²) < 4.78 is 39.8. The Morgan fingerprint density at radius 3 is 2.29 bits per heavy atom. The zero-order chi connectivity index (χ0) is 15.6. The number of rotatable bonds is 4. The minimum atomic E-state index is -3.95. The molecule has 2 rings (SSSR count). The van der Waals surface area contributed by atoms with Gasteiger partial charge in [0.05, 0.1) is 4.90 Å². The summed E-state index contributed by atoms with van der Waals surface area (Å²) in [5, 5.41) is 0. The lowest BCUT2D eigenvalue weighted by Crippen LogP contribution is -2.13. The van der Waals surface area contributed by atoms with Crippen LogP contribution < -0.4 is 10.5 Å². The van der Waals surface area contributed by atoms with Crippen LogP contribution in [0.5, 0.6) is 0 Å². The Hall–Kier alpha value is -2.41. The van der Waals surface area contributed by atoms with Crippen molar-refractivity contribution in [2.75, 3.05) is 10.5 Å². The Balaban J connectivity index is 2.30. The highest BCUT2D eigenvalue weighted by molar-refractivity contribution is 7.92. The number of hydrogen-bond donors (Lipinski definition) is 2. The first kappa shape index (κ1) is 15.0. The number of anilines is 2. The molecule has 21 heavy (non-hydrogen) atoms. The number of hydrogen-bond acceptors (Lipinski definition) is 4. The van der Waals surface area contributed by atoms with Crippen molar-refractivity contribution in [1.82, 2.24) is 0 Å². The van der Waals surface area contributed by atoms with Crippen molar-refractivity contribution in [2.45, 2.75) is 11.8 Å². The van der Waals surface area contributed by atoms with Gasteiger partial charge in [-0.2, -0.15) is 0 Å². The summed E-state index contributed by atoms with van der Waals surface area (Å²) in [6.45, 7) is 1.41. The van der Waals surface area contributed by atoms with Crippen molar-refractivity contribution in [3.8, 4) is 0 Å².